The Morgan fingerprint density at radius 3 is 2.67 bits per heavy atom. The van der Waals surface area contributed by atoms with Crippen molar-refractivity contribution in [3.8, 4) is 6.07 Å². The minimum atomic E-state index is 0.0306. The predicted molar refractivity (Wildman–Crippen MR) is 63.6 cm³/mol. The topological polar surface area (TPSA) is 61.8 Å². The van der Waals surface area contributed by atoms with Crippen molar-refractivity contribution in [1.82, 2.24) is 0 Å². The van der Waals surface area contributed by atoms with E-state index in [2.05, 4.69) is 32.2 Å². The van der Waals surface area contributed by atoms with Gasteiger partial charge in [-0.15, -0.1) is 0 Å². The van der Waals surface area contributed by atoms with Crippen LogP contribution in [0.3, 0.4) is 0 Å². The van der Waals surface area contributed by atoms with Gasteiger partial charge in [-0.2, -0.15) is 5.26 Å². The molecule has 1 rings (SSSR count). The highest BCUT2D eigenvalue weighted by Gasteiger charge is 2.14. The van der Waals surface area contributed by atoms with Crippen LogP contribution in [0, 0.1) is 11.3 Å². The van der Waals surface area contributed by atoms with Gasteiger partial charge in [-0.05, 0) is 38.5 Å². The Kier molecular flexibility index (Phi) is 3.21. The van der Waals surface area contributed by atoms with Gasteiger partial charge < -0.3 is 11.1 Å². The van der Waals surface area contributed by atoms with E-state index in [0.29, 0.717) is 11.3 Å². The molecule has 0 saturated heterocycles. The van der Waals surface area contributed by atoms with Crippen LogP contribution >= 0.6 is 0 Å². The molecule has 0 radical (unpaired) electrons. The molecule has 0 heterocycles. The van der Waals surface area contributed by atoms with Crippen molar-refractivity contribution in [2.24, 2.45) is 0 Å². The first-order valence-corrected chi connectivity index (χ1v) is 5.06. The first-order valence-electron chi connectivity index (χ1n) is 5.06. The molecule has 0 amide bonds. The molecule has 0 atom stereocenters. The molecule has 3 N–H and O–H groups in total. The van der Waals surface area contributed by atoms with Crippen LogP contribution in [0.1, 0.15) is 32.8 Å². The molecule has 0 spiro atoms. The van der Waals surface area contributed by atoms with Crippen molar-refractivity contribution in [1.29, 1.82) is 5.26 Å². The van der Waals surface area contributed by atoms with Crippen LogP contribution in [0.15, 0.2) is 18.2 Å². The molecule has 0 saturated carbocycles. The summed E-state index contributed by atoms with van der Waals surface area (Å²) in [6.07, 6.45) is 1.01. The number of nitrogens with one attached hydrogen (secondary N) is 1. The SMILES string of the molecule is CCC(C)(C)Nc1ccc(N)c(C#N)c1. The Morgan fingerprint density at radius 1 is 1.47 bits per heavy atom. The molecule has 0 aliphatic rings. The fourth-order valence-electron chi connectivity index (χ4n) is 1.21. The number of hydrogen-bond donors (Lipinski definition) is 2. The zero-order valence-electron chi connectivity index (χ0n) is 9.46. The number of nitrogens with zero attached hydrogens (tertiary/aromatic N) is 1. The lowest BCUT2D eigenvalue weighted by Crippen LogP contribution is -2.29. The van der Waals surface area contributed by atoms with Crippen molar-refractivity contribution in [2.45, 2.75) is 32.7 Å². The zero-order valence-corrected chi connectivity index (χ0v) is 9.46. The third-order valence-corrected chi connectivity index (χ3v) is 2.54. The molecule has 3 nitrogen and oxygen atoms in total. The van der Waals surface area contributed by atoms with Crippen molar-refractivity contribution in [2.75, 3.05) is 11.1 Å². The van der Waals surface area contributed by atoms with Gasteiger partial charge in [0.1, 0.15) is 6.07 Å². The molecular weight excluding hydrogens is 186 g/mol. The molecule has 80 valence electrons. The number of anilines is 2. The van der Waals surface area contributed by atoms with Gasteiger partial charge in [-0.3, -0.25) is 0 Å². The monoisotopic (exact) mass is 203 g/mol. The fourth-order valence-corrected chi connectivity index (χ4v) is 1.21. The summed E-state index contributed by atoms with van der Waals surface area (Å²) in [6.45, 7) is 6.36. The van der Waals surface area contributed by atoms with E-state index < -0.39 is 0 Å². The highest BCUT2D eigenvalue weighted by atomic mass is 15.0. The average Bonchev–Trinajstić information content (AvgIpc) is 2.20. The van der Waals surface area contributed by atoms with Gasteiger partial charge in [0.15, 0.2) is 0 Å². The van der Waals surface area contributed by atoms with Crippen LogP contribution in [0.2, 0.25) is 0 Å². The molecule has 0 unspecified atom stereocenters. The Bertz CT molecular complexity index is 388. The summed E-state index contributed by atoms with van der Waals surface area (Å²) in [7, 11) is 0. The summed E-state index contributed by atoms with van der Waals surface area (Å²) in [5.74, 6) is 0. The van der Waals surface area contributed by atoms with Crippen molar-refractivity contribution in [3.05, 3.63) is 23.8 Å². The first-order chi connectivity index (χ1) is 6.98. The summed E-state index contributed by atoms with van der Waals surface area (Å²) < 4.78 is 0. The Balaban J connectivity index is 2.94. The van der Waals surface area contributed by atoms with Gasteiger partial charge >= 0.3 is 0 Å². The fraction of sp³-hybridized carbons (Fsp3) is 0.417. The molecule has 15 heavy (non-hydrogen) atoms. The minimum absolute atomic E-state index is 0.0306. The molecule has 0 bridgehead atoms. The lowest BCUT2D eigenvalue weighted by atomic mass is 10.0. The second-order valence-electron chi connectivity index (χ2n) is 4.28. The second kappa shape index (κ2) is 4.22. The van der Waals surface area contributed by atoms with Gasteiger partial charge in [0.2, 0.25) is 0 Å². The number of benzene rings is 1. The largest absolute Gasteiger partial charge is 0.398 e. The third-order valence-electron chi connectivity index (χ3n) is 2.54. The quantitative estimate of drug-likeness (QED) is 0.742. The minimum Gasteiger partial charge on any atom is -0.398 e. The van der Waals surface area contributed by atoms with Crippen LogP contribution in [0.25, 0.3) is 0 Å². The highest BCUT2D eigenvalue weighted by molar-refractivity contribution is 5.62. The summed E-state index contributed by atoms with van der Waals surface area (Å²) in [6, 6.07) is 7.51. The highest BCUT2D eigenvalue weighted by Crippen LogP contribution is 2.21. The summed E-state index contributed by atoms with van der Waals surface area (Å²) in [5, 5.41) is 12.2. The maximum absolute atomic E-state index is 8.84. The molecule has 0 aliphatic carbocycles. The zero-order chi connectivity index (χ0) is 11.5. The number of nitriles is 1. The molecule has 0 fully saturated rings. The Morgan fingerprint density at radius 2 is 2.13 bits per heavy atom. The third kappa shape index (κ3) is 2.88. The smallest absolute Gasteiger partial charge is 0.101 e. The predicted octanol–water partition coefficient (Wildman–Crippen LogP) is 2.74. The van der Waals surface area contributed by atoms with Crippen molar-refractivity contribution >= 4 is 11.4 Å². The van der Waals surface area contributed by atoms with Gasteiger partial charge in [-0.25, -0.2) is 0 Å². The molecule has 0 aliphatic heterocycles. The van der Waals surface area contributed by atoms with E-state index in [-0.39, 0.29) is 5.54 Å². The molecule has 3 heteroatoms. The number of nitrogens with two attached hydrogens (primary N) is 1. The molecule has 1 aromatic rings. The van der Waals surface area contributed by atoms with E-state index in [1.807, 2.05) is 6.07 Å². The van der Waals surface area contributed by atoms with Gasteiger partial charge in [0.05, 0.1) is 5.56 Å². The van der Waals surface area contributed by atoms with Crippen molar-refractivity contribution in [3.63, 3.8) is 0 Å². The summed E-state index contributed by atoms with van der Waals surface area (Å²) in [4.78, 5) is 0. The van der Waals surface area contributed by atoms with E-state index in [9.17, 15) is 0 Å². The van der Waals surface area contributed by atoms with Crippen LogP contribution in [-0.2, 0) is 0 Å². The molecule has 0 aromatic heterocycles. The summed E-state index contributed by atoms with van der Waals surface area (Å²) in [5.41, 5.74) is 7.66. The number of rotatable bonds is 3. The lowest BCUT2D eigenvalue weighted by Gasteiger charge is -2.26. The normalized spacial score (nSPS) is 10.8. The maximum atomic E-state index is 8.84. The standard InChI is InChI=1S/C12H17N3/c1-4-12(2,3)15-10-5-6-11(14)9(7-10)8-13/h5-7,15H,4,14H2,1-3H3. The van der Waals surface area contributed by atoms with E-state index >= 15 is 0 Å². The van der Waals surface area contributed by atoms with Gasteiger partial charge in [-0.1, -0.05) is 6.92 Å². The van der Waals surface area contributed by atoms with Crippen molar-refractivity contribution < 1.29 is 0 Å². The average molecular weight is 203 g/mol. The van der Waals surface area contributed by atoms with Crippen LogP contribution < -0.4 is 11.1 Å². The second-order valence-corrected chi connectivity index (χ2v) is 4.28. The number of nitrogen functional groups attached to an aromatic ring is 1. The van der Waals surface area contributed by atoms with E-state index in [1.165, 1.54) is 0 Å². The van der Waals surface area contributed by atoms with E-state index in [0.717, 1.165) is 12.1 Å². The molecule has 1 aromatic carbocycles. The van der Waals surface area contributed by atoms with E-state index in [4.69, 9.17) is 11.0 Å². The maximum Gasteiger partial charge on any atom is 0.101 e. The first kappa shape index (κ1) is 11.4. The van der Waals surface area contributed by atoms with Crippen LogP contribution in [-0.4, -0.2) is 5.54 Å². The number of hydrogen-bond acceptors (Lipinski definition) is 3. The lowest BCUT2D eigenvalue weighted by molar-refractivity contribution is 0.547. The Hall–Kier alpha value is -1.69. The molecular formula is C12H17N3. The Labute approximate surface area is 90.9 Å². The van der Waals surface area contributed by atoms with Gasteiger partial charge in [0, 0.05) is 16.9 Å². The van der Waals surface area contributed by atoms with Crippen LogP contribution in [0.4, 0.5) is 11.4 Å². The van der Waals surface area contributed by atoms with Gasteiger partial charge in [0.25, 0.3) is 0 Å². The van der Waals surface area contributed by atoms with E-state index in [1.54, 1.807) is 12.1 Å². The van der Waals surface area contributed by atoms with Crippen LogP contribution in [0.5, 0.6) is 0 Å². The summed E-state index contributed by atoms with van der Waals surface area (Å²) >= 11 is 0.